The van der Waals surface area contributed by atoms with Gasteiger partial charge < -0.3 is 15.4 Å². The van der Waals surface area contributed by atoms with Crippen molar-refractivity contribution in [2.75, 3.05) is 18.1 Å². The Bertz CT molecular complexity index is 978. The van der Waals surface area contributed by atoms with Crippen LogP contribution in [0.15, 0.2) is 30.7 Å². The van der Waals surface area contributed by atoms with Crippen molar-refractivity contribution in [3.8, 4) is 18.2 Å². The molecule has 27 heavy (non-hydrogen) atoms. The molecule has 0 spiro atoms. The summed E-state index contributed by atoms with van der Waals surface area (Å²) in [6, 6.07) is 3.34. The van der Waals surface area contributed by atoms with Crippen LogP contribution >= 0.6 is 0 Å². The molecule has 0 aromatic carbocycles. The Morgan fingerprint density at radius 2 is 2.22 bits per heavy atom. The van der Waals surface area contributed by atoms with Gasteiger partial charge in [0.1, 0.15) is 18.2 Å². The zero-order valence-corrected chi connectivity index (χ0v) is 15.3. The third-order valence-corrected chi connectivity index (χ3v) is 4.02. The number of anilines is 1. The van der Waals surface area contributed by atoms with Crippen LogP contribution in [0.25, 0.3) is 5.65 Å². The molecule has 0 bridgehead atoms. The Morgan fingerprint density at radius 1 is 1.41 bits per heavy atom. The van der Waals surface area contributed by atoms with Gasteiger partial charge in [-0.2, -0.15) is 5.10 Å². The summed E-state index contributed by atoms with van der Waals surface area (Å²) in [5, 5.41) is 4.18. The monoisotopic (exact) mass is 368 g/mol. The average molecular weight is 368 g/mol. The smallest absolute Gasteiger partial charge is 0.218 e. The van der Waals surface area contributed by atoms with Crippen LogP contribution in [0.5, 0.6) is 5.88 Å². The quantitative estimate of drug-likeness (QED) is 0.643. The topological polar surface area (TPSA) is 81.6 Å². The molecule has 3 heterocycles. The molecule has 3 rings (SSSR count). The molecule has 3 aromatic heterocycles. The minimum Gasteiger partial charge on any atom is -0.476 e. The van der Waals surface area contributed by atoms with Crippen molar-refractivity contribution in [3.05, 3.63) is 47.7 Å². The average Bonchev–Trinajstić information content (AvgIpc) is 3.07. The van der Waals surface area contributed by atoms with E-state index in [1.54, 1.807) is 16.9 Å². The van der Waals surface area contributed by atoms with Crippen LogP contribution in [0.2, 0.25) is 0 Å². The molecule has 2 N–H and O–H groups in total. The summed E-state index contributed by atoms with van der Waals surface area (Å²) < 4.78 is 21.0. The summed E-state index contributed by atoms with van der Waals surface area (Å²) in [6.07, 6.45) is 10.0. The molecule has 140 valence electrons. The molecule has 8 heteroatoms. The van der Waals surface area contributed by atoms with E-state index in [0.29, 0.717) is 48.2 Å². The Balaban J connectivity index is 1.98. The Morgan fingerprint density at radius 3 is 2.93 bits per heavy atom. The number of hydrogen-bond donors (Lipinski definition) is 1. The van der Waals surface area contributed by atoms with Gasteiger partial charge in [-0.15, -0.1) is 6.42 Å². The van der Waals surface area contributed by atoms with E-state index < -0.39 is 5.82 Å². The van der Waals surface area contributed by atoms with Crippen LogP contribution < -0.4 is 15.4 Å². The fourth-order valence-electron chi connectivity index (χ4n) is 2.70. The Labute approximate surface area is 157 Å². The van der Waals surface area contributed by atoms with Crippen molar-refractivity contribution in [2.24, 2.45) is 5.73 Å². The van der Waals surface area contributed by atoms with E-state index in [4.69, 9.17) is 16.9 Å². The van der Waals surface area contributed by atoms with E-state index in [9.17, 15) is 4.39 Å². The van der Waals surface area contributed by atoms with Gasteiger partial charge in [0.2, 0.25) is 5.88 Å². The van der Waals surface area contributed by atoms with Crippen molar-refractivity contribution in [3.63, 3.8) is 0 Å². The van der Waals surface area contributed by atoms with Gasteiger partial charge in [0.25, 0.3) is 0 Å². The zero-order valence-electron chi connectivity index (χ0n) is 15.3. The largest absolute Gasteiger partial charge is 0.476 e. The fourth-order valence-corrected chi connectivity index (χ4v) is 2.70. The van der Waals surface area contributed by atoms with Gasteiger partial charge in [0.05, 0.1) is 24.5 Å². The molecule has 0 amide bonds. The van der Waals surface area contributed by atoms with Gasteiger partial charge in [-0.05, 0) is 26.0 Å². The highest BCUT2D eigenvalue weighted by Crippen LogP contribution is 2.24. The first-order valence-corrected chi connectivity index (χ1v) is 8.58. The maximum atomic E-state index is 13.8. The lowest BCUT2D eigenvalue weighted by molar-refractivity contribution is 0.310. The first-order chi connectivity index (χ1) is 13.0. The molecule has 0 unspecified atom stereocenters. The predicted molar refractivity (Wildman–Crippen MR) is 101 cm³/mol. The van der Waals surface area contributed by atoms with Crippen LogP contribution in [-0.4, -0.2) is 38.8 Å². The van der Waals surface area contributed by atoms with Crippen LogP contribution in [0.1, 0.15) is 25.0 Å². The zero-order chi connectivity index (χ0) is 19.4. The number of nitrogens with two attached hydrogens (primary N) is 1. The molecule has 0 aliphatic heterocycles. The highest BCUT2D eigenvalue weighted by Gasteiger charge is 2.18. The number of ether oxygens (including phenoxy) is 1. The molecule has 0 radical (unpaired) electrons. The number of fused-ring (bicyclic) bond motifs is 1. The molecule has 0 saturated heterocycles. The standard InChI is InChI=1S/C19H21FN6O/c1-4-14-10-23-26-7-5-17(24-18(14)26)25(13(2)3)12-15-9-16(20)11-22-19(15)27-8-6-21/h1,5,7,9-11,13H,6,8,12,21H2,2-3H3. The van der Waals surface area contributed by atoms with Gasteiger partial charge in [-0.1, -0.05) is 5.92 Å². The molecule has 0 atom stereocenters. The molecule has 7 nitrogen and oxygen atoms in total. The summed E-state index contributed by atoms with van der Waals surface area (Å²) in [4.78, 5) is 10.7. The first kappa shape index (κ1) is 18.6. The number of rotatable bonds is 7. The maximum absolute atomic E-state index is 13.8. The maximum Gasteiger partial charge on any atom is 0.218 e. The lowest BCUT2D eigenvalue weighted by atomic mass is 10.2. The summed E-state index contributed by atoms with van der Waals surface area (Å²) in [6.45, 7) is 5.07. The second kappa shape index (κ2) is 8.01. The van der Waals surface area contributed by atoms with Crippen molar-refractivity contribution < 1.29 is 9.13 Å². The van der Waals surface area contributed by atoms with Gasteiger partial charge in [-0.3, -0.25) is 0 Å². The van der Waals surface area contributed by atoms with Crippen LogP contribution in [0, 0.1) is 18.2 Å². The molecule has 3 aromatic rings. The minimum absolute atomic E-state index is 0.0859. The normalized spacial score (nSPS) is 11.0. The third-order valence-electron chi connectivity index (χ3n) is 4.02. The molecule has 0 saturated carbocycles. The number of pyridine rings is 1. The van der Waals surface area contributed by atoms with Gasteiger partial charge in [0, 0.05) is 24.3 Å². The summed E-state index contributed by atoms with van der Waals surface area (Å²) in [5.41, 5.74) is 7.32. The van der Waals surface area contributed by atoms with Gasteiger partial charge >= 0.3 is 0 Å². The van der Waals surface area contributed by atoms with Gasteiger partial charge in [0.15, 0.2) is 5.65 Å². The molecule has 0 fully saturated rings. The number of hydrogen-bond acceptors (Lipinski definition) is 6. The Hall–Kier alpha value is -3.18. The predicted octanol–water partition coefficient (Wildman–Crippen LogP) is 2.00. The summed E-state index contributed by atoms with van der Waals surface area (Å²) >= 11 is 0. The molecule has 0 aliphatic carbocycles. The van der Waals surface area contributed by atoms with E-state index in [2.05, 4.69) is 21.0 Å². The minimum atomic E-state index is -0.428. The Kier molecular flexibility index (Phi) is 5.52. The number of terminal acetylenes is 1. The van der Waals surface area contributed by atoms with Crippen LogP contribution in [0.3, 0.4) is 0 Å². The van der Waals surface area contributed by atoms with E-state index >= 15 is 0 Å². The van der Waals surface area contributed by atoms with E-state index in [-0.39, 0.29) is 6.04 Å². The molecular formula is C19H21FN6O. The number of nitrogens with zero attached hydrogens (tertiary/aromatic N) is 5. The second-order valence-electron chi connectivity index (χ2n) is 6.23. The van der Waals surface area contributed by atoms with Gasteiger partial charge in [-0.25, -0.2) is 18.9 Å². The molecular weight excluding hydrogens is 347 g/mol. The van der Waals surface area contributed by atoms with E-state index in [1.807, 2.05) is 24.8 Å². The van der Waals surface area contributed by atoms with E-state index in [1.165, 1.54) is 6.07 Å². The fraction of sp³-hybridized carbons (Fsp3) is 0.316. The SMILES string of the molecule is C#Cc1cnn2ccc(N(Cc3cc(F)cnc3OCCN)C(C)C)nc12. The van der Waals surface area contributed by atoms with Crippen molar-refractivity contribution in [1.29, 1.82) is 0 Å². The molecule has 0 aliphatic rings. The summed E-state index contributed by atoms with van der Waals surface area (Å²) in [7, 11) is 0. The summed E-state index contributed by atoms with van der Waals surface area (Å²) in [5.74, 6) is 3.21. The van der Waals surface area contributed by atoms with Crippen LogP contribution in [0.4, 0.5) is 10.2 Å². The highest BCUT2D eigenvalue weighted by atomic mass is 19.1. The second-order valence-corrected chi connectivity index (χ2v) is 6.23. The first-order valence-electron chi connectivity index (χ1n) is 8.58. The lowest BCUT2D eigenvalue weighted by Crippen LogP contribution is -2.31. The number of aromatic nitrogens is 4. The van der Waals surface area contributed by atoms with E-state index in [0.717, 1.165) is 6.20 Å². The van der Waals surface area contributed by atoms with Crippen molar-refractivity contribution >= 4 is 11.5 Å². The van der Waals surface area contributed by atoms with Crippen molar-refractivity contribution in [2.45, 2.75) is 26.4 Å². The highest BCUT2D eigenvalue weighted by molar-refractivity contribution is 5.58. The third kappa shape index (κ3) is 3.99. The number of halogens is 1. The van der Waals surface area contributed by atoms with Crippen molar-refractivity contribution in [1.82, 2.24) is 19.6 Å². The van der Waals surface area contributed by atoms with Crippen LogP contribution in [-0.2, 0) is 6.54 Å². The lowest BCUT2D eigenvalue weighted by Gasteiger charge is -2.28.